The Hall–Kier alpha value is -10.5. The van der Waals surface area contributed by atoms with Crippen LogP contribution in [0.25, 0.3) is 65.9 Å². The number of nitrogens with zero attached hydrogens (tertiary/aromatic N) is 8. The van der Waals surface area contributed by atoms with Gasteiger partial charge in [-0.25, -0.2) is 9.97 Å². The molecule has 11 aliphatic rings. The first kappa shape index (κ1) is 68.5. The van der Waals surface area contributed by atoms with Crippen molar-refractivity contribution in [2.45, 2.75) is 352 Å². The van der Waals surface area contributed by atoms with Gasteiger partial charge in [0.15, 0.2) is 16.7 Å². The first-order chi connectivity index (χ1) is 75.5. The van der Waals surface area contributed by atoms with Crippen molar-refractivity contribution >= 4 is 112 Å². The Balaban J connectivity index is 0.000000121. The Morgan fingerprint density at radius 1 is 0.321 bits per heavy atom. The van der Waals surface area contributed by atoms with E-state index in [-0.39, 0.29) is 35.0 Å². The molecule has 4 bridgehead atoms. The van der Waals surface area contributed by atoms with Crippen LogP contribution < -0.4 is 29.4 Å². The highest BCUT2D eigenvalue weighted by atomic mass is 16.3. The molecule has 5 aliphatic carbocycles. The fourth-order valence-electron chi connectivity index (χ4n) is 27.1. The molecule has 4 saturated heterocycles. The molecule has 5 aromatic heterocycles. The van der Waals surface area contributed by atoms with Crippen molar-refractivity contribution in [1.29, 1.82) is 0 Å². The molecule has 11 nitrogen and oxygen atoms in total. The average Bonchev–Trinajstić information content (AvgIpc) is 1.50. The minimum atomic E-state index is -3.09. The molecule has 5 saturated carbocycles. The van der Waals surface area contributed by atoms with Crippen molar-refractivity contribution in [1.82, 2.24) is 9.97 Å². The number of aromatic nitrogens is 2. The van der Waals surface area contributed by atoms with Crippen molar-refractivity contribution in [2.24, 2.45) is 45.3 Å². The molecule has 11 heteroatoms. The van der Waals surface area contributed by atoms with Crippen molar-refractivity contribution in [3.63, 3.8) is 0 Å². The van der Waals surface area contributed by atoms with E-state index in [0.717, 1.165) is 149 Å². The minimum absolute atomic E-state index is 0.116. The van der Waals surface area contributed by atoms with E-state index >= 15 is 0 Å². The number of hydrogen-bond acceptors (Lipinski definition) is 11. The Morgan fingerprint density at radius 3 is 1.21 bits per heavy atom. The number of benzene rings is 9. The number of hydrogen-bond donors (Lipinski definition) is 0. The predicted molar refractivity (Wildman–Crippen MR) is 582 cm³/mol. The highest BCUT2D eigenvalue weighted by Crippen LogP contribution is 2.70. The Bertz CT molecular complexity index is 7670. The quantitative estimate of drug-likeness (QED) is 0.160. The molecule has 720 valence electrons. The van der Waals surface area contributed by atoms with E-state index in [1.807, 2.05) is 188 Å². The number of fused-ring (bicyclic) bond motifs is 11. The van der Waals surface area contributed by atoms with Gasteiger partial charge in [0.2, 0.25) is 5.71 Å². The summed E-state index contributed by atoms with van der Waals surface area (Å²) in [5.41, 5.74) is 6.41. The number of para-hydroxylation sites is 6. The van der Waals surface area contributed by atoms with Gasteiger partial charge in [-0.2, -0.15) is 0 Å². The molecule has 0 N–H and O–H groups in total. The van der Waals surface area contributed by atoms with Crippen LogP contribution in [-0.2, 0) is 10.8 Å². The third-order valence-corrected chi connectivity index (χ3v) is 33.6. The van der Waals surface area contributed by atoms with Gasteiger partial charge in [0.25, 0.3) is 0 Å². The van der Waals surface area contributed by atoms with E-state index in [2.05, 4.69) is 153 Å². The van der Waals surface area contributed by atoms with Crippen LogP contribution in [0.2, 0.25) is 0 Å². The van der Waals surface area contributed by atoms with Crippen molar-refractivity contribution in [2.75, 3.05) is 29.4 Å². The predicted octanol–water partition coefficient (Wildman–Crippen LogP) is 34.0. The topological polar surface area (TPSA) is 84.6 Å². The van der Waals surface area contributed by atoms with Crippen LogP contribution >= 0.6 is 0 Å². The second kappa shape index (κ2) is 34.8. The van der Waals surface area contributed by atoms with Gasteiger partial charge in [-0.15, -0.1) is 0 Å². The van der Waals surface area contributed by atoms with Gasteiger partial charge in [-0.1, -0.05) is 226 Å². The van der Waals surface area contributed by atoms with Crippen LogP contribution in [0.5, 0.6) is 0 Å². The van der Waals surface area contributed by atoms with E-state index in [0.29, 0.717) is 45.7 Å². The molecule has 9 aromatic carbocycles. The van der Waals surface area contributed by atoms with E-state index in [9.17, 15) is 5.48 Å². The van der Waals surface area contributed by atoms with Crippen LogP contribution in [-0.4, -0.2) is 68.4 Å². The molecule has 14 aromatic rings. The van der Waals surface area contributed by atoms with Gasteiger partial charge in [-0.05, 0) is 348 Å². The van der Waals surface area contributed by atoms with Crippen LogP contribution in [0.3, 0.4) is 0 Å². The Kier molecular flexibility index (Phi) is 17.4. The molecule has 0 amide bonds. The van der Waals surface area contributed by atoms with Gasteiger partial charge >= 0.3 is 0 Å². The first-order valence-corrected chi connectivity index (χ1v) is 50.1. The minimum Gasteiger partial charge on any atom is -0.454 e. The smallest absolute Gasteiger partial charge is 0.227 e. The van der Waals surface area contributed by atoms with Crippen molar-refractivity contribution in [3.05, 3.63) is 263 Å². The van der Waals surface area contributed by atoms with Gasteiger partial charge < -0.3 is 42.7 Å². The molecule has 2 spiro atoms. The Labute approximate surface area is 856 Å². The fraction of sp³-hybridized carbons (Fsp3) is 0.492. The summed E-state index contributed by atoms with van der Waals surface area (Å²) >= 11 is 0. The number of rotatable bonds is 6. The molecule has 137 heavy (non-hydrogen) atoms. The SMILES string of the molecule is [2H]C([2H])([2H])C1(C([2H])([2H])[2H])C(C)N(c2c(C)ccc3c2oc2ccccc23)C(C)(C)C1([2H])[2H].[2H]C([2H])([2H])C1(C([2H])([2H])[2H])C(C)N(c2c(C)ccc3c2oc2ncccc23)C(C)(C)C1([2H])[2H].[2H]C([2H])([2H])C1(C)c2ccccc2N(c2ccccc2C)C1C.[2H]C([2H])([2H])C1(C)c2cccnc2N(c2ccccc2C)C1C.[2H]C1([2H])C2(C3CC4CC(C3)CC2C4)C(C)N(c2ccccc2C)C1(C)C.[2H]C1([2H])C2(CCCCC2)C(C)N(c2c(C)ccc3c2oc2ccccc23)C1(C)C. The molecule has 25 rings (SSSR count). The lowest BCUT2D eigenvalue weighted by Gasteiger charge is -2.62. The van der Waals surface area contributed by atoms with Gasteiger partial charge in [-0.3, -0.25) is 0 Å². The Morgan fingerprint density at radius 2 is 0.715 bits per heavy atom. The molecule has 8 unspecified atom stereocenters. The highest BCUT2D eigenvalue weighted by molar-refractivity contribution is 6.12. The summed E-state index contributed by atoms with van der Waals surface area (Å²) in [7, 11) is 0. The number of furan rings is 3. The van der Waals surface area contributed by atoms with Crippen LogP contribution in [0.1, 0.15) is 322 Å². The second-order valence-electron chi connectivity index (χ2n) is 44.2. The summed E-state index contributed by atoms with van der Waals surface area (Å²) in [4.78, 5) is 21.1. The lowest BCUT2D eigenvalue weighted by molar-refractivity contribution is -0.113. The third kappa shape index (κ3) is 15.9. The lowest BCUT2D eigenvalue weighted by Crippen LogP contribution is -2.57. The van der Waals surface area contributed by atoms with Crippen molar-refractivity contribution < 1.29 is 48.9 Å². The molecule has 6 aliphatic heterocycles. The lowest BCUT2D eigenvalue weighted by atomic mass is 9.43. The molecule has 11 heterocycles. The largest absolute Gasteiger partial charge is 0.454 e. The van der Waals surface area contributed by atoms with E-state index < -0.39 is 123 Å². The zero-order valence-corrected chi connectivity index (χ0v) is 84.4. The van der Waals surface area contributed by atoms with E-state index in [1.54, 1.807) is 56.0 Å². The first-order valence-electron chi connectivity index (χ1n) is 63.1. The summed E-state index contributed by atoms with van der Waals surface area (Å²) in [6.45, 7) is 25.6. The van der Waals surface area contributed by atoms with Gasteiger partial charge in [0.1, 0.15) is 17.0 Å². The monoisotopic (exact) mass is 1860 g/mol. The summed E-state index contributed by atoms with van der Waals surface area (Å²) in [6.07, 6.45) is 7.61. The summed E-state index contributed by atoms with van der Waals surface area (Å²) in [5.74, 6) is 3.64. The fourth-order valence-corrected chi connectivity index (χ4v) is 27.1. The molecular formula is C126H158N8O3. The zero-order chi connectivity index (χ0) is 119. The standard InChI is InChI=1S/C25H31NO.C23H33N.C22H27NO.C21H26N2O.C18H21N.C17H20N2/c1-17-12-13-20-19-10-6-7-11-21(19)27-23(20)22(17)26-18(2)25(16-24(26,3)4)14-8-5-9-15-25;1-15-7-5-6-8-21(15)24-16(2)23(14-22(24,3)4)19-10-17-9-18(12-19)13-20(23)11-17;1-14-11-12-17-16-9-7-8-10-18(16)24-20(17)19(14)23-15(2)21(3,4)13-22(23,5)6;1-13-9-10-15-16-8-7-11-22-19(16)24-18(15)17(13)23-14(2)20(3,4)12-21(23,5)6;1-13-9-5-7-11-16(13)19-14(2)18(3,4)15-10-6-8-12-17(15)19;1-12-8-5-6-10-15(12)19-13(2)17(3,4)14-9-7-11-18-16(14)19/h6-7,10-13,18H,5,8-9,14-16H2,1-4H3;5-8,16-20H,9-14H2,1-4H3;7-12,15H,13H2,1-6H3;7-11,14H,12H2,1-6H3;5-12,14H,1-4H3;5-11,13H,1-4H3/i16D2;14D2;3D3,4D3,13D2;3D3,4D3,12D2;2*3D3. The van der Waals surface area contributed by atoms with Crippen molar-refractivity contribution in [3.8, 4) is 0 Å². The summed E-state index contributed by atoms with van der Waals surface area (Å²) < 4.78 is 239. The van der Waals surface area contributed by atoms with Crippen LogP contribution in [0.15, 0.2) is 232 Å². The second-order valence-corrected chi connectivity index (χ2v) is 44.2. The zero-order valence-electron chi connectivity index (χ0n) is 110. The molecule has 9 fully saturated rings. The van der Waals surface area contributed by atoms with Crippen LogP contribution in [0.4, 0.5) is 45.6 Å². The number of pyridine rings is 2. The maximum atomic E-state index is 9.52. The number of anilines is 8. The highest BCUT2D eigenvalue weighted by Gasteiger charge is 2.66. The molecule has 0 radical (unpaired) electrons. The maximum absolute atomic E-state index is 9.52. The average molecular weight is 1860 g/mol. The van der Waals surface area contributed by atoms with E-state index in [4.69, 9.17) is 43.4 Å². The maximum Gasteiger partial charge on any atom is 0.227 e. The molecular weight excluding hydrogens is 1670 g/mol. The summed E-state index contributed by atoms with van der Waals surface area (Å²) in [6, 6.07) is 65.2. The third-order valence-electron chi connectivity index (χ3n) is 33.6. The normalized spacial score (nSPS) is 32.5. The van der Waals surface area contributed by atoms with Gasteiger partial charge in [0, 0.05) is 178 Å². The van der Waals surface area contributed by atoms with Gasteiger partial charge in [0.05, 0.1) is 17.1 Å². The number of aryl methyl sites for hydroxylation is 6. The van der Waals surface area contributed by atoms with Crippen LogP contribution in [0, 0.1) is 86.9 Å². The molecule has 8 atom stereocenters. The van der Waals surface area contributed by atoms with E-state index in [1.165, 1.54) is 63.6 Å². The summed E-state index contributed by atoms with van der Waals surface area (Å²) in [5, 5.41) is 5.46.